The number of hydrogen-bond donors (Lipinski definition) is 1. The fraction of sp³-hybridized carbons (Fsp3) is 0.487. The molecule has 1 atom stereocenters. The van der Waals surface area contributed by atoms with Crippen LogP contribution in [0.3, 0.4) is 0 Å². The predicted molar refractivity (Wildman–Crippen MR) is 192 cm³/mol. The molecule has 1 unspecified atom stereocenters. The maximum absolute atomic E-state index is 14.5. The molecular weight excluding hydrogens is 642 g/mol. The van der Waals surface area contributed by atoms with Crippen molar-refractivity contribution in [1.82, 2.24) is 10.2 Å². The topological polar surface area (TPSA) is 86.8 Å². The molecule has 4 aliphatic carbocycles. The van der Waals surface area contributed by atoms with Crippen molar-refractivity contribution in [3.63, 3.8) is 0 Å². The Balaban J connectivity index is 1.31. The van der Waals surface area contributed by atoms with E-state index in [-0.39, 0.29) is 30.2 Å². The van der Waals surface area contributed by atoms with E-state index >= 15 is 0 Å². The van der Waals surface area contributed by atoms with E-state index in [9.17, 15) is 18.0 Å². The molecule has 4 aliphatic rings. The number of rotatable bonds is 13. The summed E-state index contributed by atoms with van der Waals surface area (Å²) >= 11 is 6.58. The molecule has 0 saturated heterocycles. The zero-order chi connectivity index (χ0) is 34.1. The van der Waals surface area contributed by atoms with Crippen LogP contribution in [0.2, 0.25) is 5.02 Å². The molecule has 9 heteroatoms. The van der Waals surface area contributed by atoms with Crippen molar-refractivity contribution in [3.05, 3.63) is 101 Å². The second kappa shape index (κ2) is 14.2. The van der Waals surface area contributed by atoms with Gasteiger partial charge in [-0.1, -0.05) is 86.1 Å². The van der Waals surface area contributed by atoms with Crippen molar-refractivity contribution in [2.45, 2.75) is 76.8 Å². The minimum absolute atomic E-state index is 0.0493. The monoisotopic (exact) mass is 689 g/mol. The summed E-state index contributed by atoms with van der Waals surface area (Å²) in [4.78, 5) is 29.8. The summed E-state index contributed by atoms with van der Waals surface area (Å²) in [5, 5.41) is 3.49. The number of anilines is 1. The molecule has 0 radical (unpaired) electrons. The molecule has 1 N–H and O–H groups in total. The van der Waals surface area contributed by atoms with Crippen LogP contribution in [0.25, 0.3) is 0 Å². The molecule has 4 saturated carbocycles. The van der Waals surface area contributed by atoms with Gasteiger partial charge in [0.2, 0.25) is 21.8 Å². The summed E-state index contributed by atoms with van der Waals surface area (Å²) in [6.45, 7) is 4.08. The van der Waals surface area contributed by atoms with Crippen LogP contribution in [0.5, 0.6) is 0 Å². The van der Waals surface area contributed by atoms with Crippen molar-refractivity contribution < 1.29 is 18.0 Å². The number of nitrogens with zero attached hydrogens (tertiary/aromatic N) is 2. The lowest BCUT2D eigenvalue weighted by molar-refractivity contribution is -0.140. The van der Waals surface area contributed by atoms with Crippen molar-refractivity contribution in [3.8, 4) is 0 Å². The SMILES string of the molecule is CC(C)CNC(=O)C(Cc1ccccc1)N(Cc1ccccc1Cl)C(=O)CN(c1ccc(C23CC4CC(CC(C4)C2)C3)cc1)S(C)(=O)=O. The van der Waals surface area contributed by atoms with Crippen LogP contribution >= 0.6 is 11.6 Å². The van der Waals surface area contributed by atoms with Gasteiger partial charge in [0.05, 0.1) is 11.9 Å². The molecule has 48 heavy (non-hydrogen) atoms. The Labute approximate surface area is 291 Å². The fourth-order valence-corrected chi connectivity index (χ4v) is 9.89. The lowest BCUT2D eigenvalue weighted by Gasteiger charge is -2.57. The van der Waals surface area contributed by atoms with Crippen LogP contribution < -0.4 is 9.62 Å². The van der Waals surface area contributed by atoms with Gasteiger partial charge in [0.15, 0.2) is 0 Å². The largest absolute Gasteiger partial charge is 0.354 e. The molecule has 2 amide bonds. The van der Waals surface area contributed by atoms with Gasteiger partial charge < -0.3 is 10.2 Å². The summed E-state index contributed by atoms with van der Waals surface area (Å²) in [7, 11) is -3.85. The first-order valence-electron chi connectivity index (χ1n) is 17.3. The average molecular weight is 690 g/mol. The van der Waals surface area contributed by atoms with Crippen LogP contribution in [0.15, 0.2) is 78.9 Å². The Kier molecular flexibility index (Phi) is 10.2. The van der Waals surface area contributed by atoms with Crippen molar-refractivity contribution in [1.29, 1.82) is 0 Å². The molecule has 7 nitrogen and oxygen atoms in total. The van der Waals surface area contributed by atoms with Crippen LogP contribution in [-0.4, -0.2) is 50.5 Å². The lowest BCUT2D eigenvalue weighted by Crippen LogP contribution is -2.53. The molecule has 0 heterocycles. The van der Waals surface area contributed by atoms with E-state index in [2.05, 4.69) is 17.4 Å². The smallest absolute Gasteiger partial charge is 0.244 e. The van der Waals surface area contributed by atoms with Crippen LogP contribution in [0.4, 0.5) is 5.69 Å². The van der Waals surface area contributed by atoms with E-state index in [1.807, 2.05) is 74.5 Å². The third-order valence-electron chi connectivity index (χ3n) is 10.7. The highest BCUT2D eigenvalue weighted by Crippen LogP contribution is 2.60. The summed E-state index contributed by atoms with van der Waals surface area (Å²) in [6.07, 6.45) is 9.09. The fourth-order valence-electron chi connectivity index (χ4n) is 8.85. The summed E-state index contributed by atoms with van der Waals surface area (Å²) < 4.78 is 27.8. The third kappa shape index (κ3) is 7.76. The molecule has 4 bridgehead atoms. The minimum atomic E-state index is -3.85. The Morgan fingerprint density at radius 2 is 1.46 bits per heavy atom. The second-order valence-electron chi connectivity index (χ2n) is 15.0. The lowest BCUT2D eigenvalue weighted by atomic mass is 9.48. The van der Waals surface area contributed by atoms with Gasteiger partial charge in [-0.2, -0.15) is 0 Å². The Morgan fingerprint density at radius 3 is 2.02 bits per heavy atom. The maximum atomic E-state index is 14.5. The van der Waals surface area contributed by atoms with Gasteiger partial charge in [0.1, 0.15) is 12.6 Å². The Morgan fingerprint density at radius 1 is 0.875 bits per heavy atom. The van der Waals surface area contributed by atoms with Crippen LogP contribution in [0, 0.1) is 23.7 Å². The molecule has 7 rings (SSSR count). The molecular formula is C39H48ClN3O4S. The minimum Gasteiger partial charge on any atom is -0.354 e. The molecule has 0 aliphatic heterocycles. The number of halogens is 1. The number of nitrogens with one attached hydrogen (secondary N) is 1. The number of hydrogen-bond acceptors (Lipinski definition) is 4. The molecule has 3 aromatic carbocycles. The van der Waals surface area contributed by atoms with Gasteiger partial charge in [-0.3, -0.25) is 13.9 Å². The molecule has 256 valence electrons. The number of sulfonamides is 1. The highest BCUT2D eigenvalue weighted by Gasteiger charge is 2.51. The standard InChI is InChI=1S/C39H48ClN3O4S/c1-27(2)24-41-38(45)36(20-28-9-5-4-6-10-28)42(25-32-11-7-8-12-35(32)40)37(44)26-43(48(3,46)47)34-15-13-33(14-16-34)39-21-29-17-30(22-39)19-31(18-29)23-39/h4-16,27,29-31,36H,17-26H2,1-3H3,(H,41,45). The number of carbonyl (C=O) groups excluding carboxylic acids is 2. The normalized spacial score (nSPS) is 23.6. The Bertz CT molecular complexity index is 1680. The second-order valence-corrected chi connectivity index (χ2v) is 17.3. The van der Waals surface area contributed by atoms with Crippen LogP contribution in [-0.2, 0) is 38.0 Å². The first-order valence-corrected chi connectivity index (χ1v) is 19.6. The highest BCUT2D eigenvalue weighted by molar-refractivity contribution is 7.92. The molecule has 0 spiro atoms. The van der Waals surface area contributed by atoms with Gasteiger partial charge in [-0.15, -0.1) is 0 Å². The van der Waals surface area contributed by atoms with Crippen molar-refractivity contribution in [2.75, 3.05) is 23.7 Å². The van der Waals surface area contributed by atoms with E-state index in [4.69, 9.17) is 11.6 Å². The van der Waals surface area contributed by atoms with E-state index in [0.29, 0.717) is 22.8 Å². The van der Waals surface area contributed by atoms with E-state index in [0.717, 1.165) is 29.6 Å². The molecule has 4 fully saturated rings. The zero-order valence-electron chi connectivity index (χ0n) is 28.3. The molecule has 3 aromatic rings. The van der Waals surface area contributed by atoms with Gasteiger partial charge in [0.25, 0.3) is 0 Å². The van der Waals surface area contributed by atoms with Gasteiger partial charge >= 0.3 is 0 Å². The zero-order valence-corrected chi connectivity index (χ0v) is 29.8. The first kappa shape index (κ1) is 34.5. The average Bonchev–Trinajstić information content (AvgIpc) is 3.04. The van der Waals surface area contributed by atoms with Gasteiger partial charge in [-0.05, 0) is 103 Å². The summed E-state index contributed by atoms with van der Waals surface area (Å²) in [6, 6.07) is 23.8. The number of benzene rings is 3. The third-order valence-corrected chi connectivity index (χ3v) is 12.2. The van der Waals surface area contributed by atoms with Gasteiger partial charge in [0, 0.05) is 24.5 Å². The Hall–Kier alpha value is -3.36. The highest BCUT2D eigenvalue weighted by atomic mass is 35.5. The maximum Gasteiger partial charge on any atom is 0.244 e. The van der Waals surface area contributed by atoms with Crippen molar-refractivity contribution >= 4 is 39.1 Å². The first-order chi connectivity index (χ1) is 22.9. The van der Waals surface area contributed by atoms with Crippen molar-refractivity contribution in [2.24, 2.45) is 23.7 Å². The predicted octanol–water partition coefficient (Wildman–Crippen LogP) is 6.99. The summed E-state index contributed by atoms with van der Waals surface area (Å²) in [5.74, 6) is 1.83. The van der Waals surface area contributed by atoms with E-state index in [1.54, 1.807) is 6.07 Å². The molecule has 0 aromatic heterocycles. The van der Waals surface area contributed by atoms with Crippen LogP contribution in [0.1, 0.15) is 69.1 Å². The summed E-state index contributed by atoms with van der Waals surface area (Å²) in [5.41, 5.74) is 3.47. The quantitative estimate of drug-likeness (QED) is 0.210. The number of carbonyl (C=O) groups is 2. The van der Waals surface area contributed by atoms with E-state index < -0.39 is 28.5 Å². The van der Waals surface area contributed by atoms with E-state index in [1.165, 1.54) is 53.3 Å². The number of amides is 2. The van der Waals surface area contributed by atoms with Gasteiger partial charge in [-0.25, -0.2) is 8.42 Å².